The number of alkyl carbamates (subject to hydrolysis) is 1. The molecule has 0 aliphatic heterocycles. The van der Waals surface area contributed by atoms with E-state index in [0.29, 0.717) is 6.42 Å². The molecule has 0 heterocycles. The highest BCUT2D eigenvalue weighted by atomic mass is 28.3. The second-order valence-electron chi connectivity index (χ2n) is 5.20. The van der Waals surface area contributed by atoms with Crippen LogP contribution in [0.25, 0.3) is 0 Å². The predicted octanol–water partition coefficient (Wildman–Crippen LogP) is 1.39. The summed E-state index contributed by atoms with van der Waals surface area (Å²) in [6, 6.07) is -0.871. The molecule has 0 bridgehead atoms. The van der Waals surface area contributed by atoms with E-state index in [2.05, 4.69) is 34.7 Å². The van der Waals surface area contributed by atoms with Gasteiger partial charge < -0.3 is 20.1 Å². The van der Waals surface area contributed by atoms with E-state index in [1.807, 2.05) is 0 Å². The number of rotatable bonds is 8. The molecule has 106 valence electrons. The standard InChI is InChI=1S/C11H24N2O4Si/c1-17-11(16)13-9(10(14)15)7-5-6-8-12-18(2,3)4/h9,12H,5-8H2,1-4H3,(H,13,16)(H,14,15)/t9-/m0/s1. The largest absolute Gasteiger partial charge is 0.480 e. The molecule has 1 amide bonds. The zero-order valence-corrected chi connectivity index (χ0v) is 12.6. The van der Waals surface area contributed by atoms with Crippen molar-refractivity contribution in [2.24, 2.45) is 0 Å². The molecule has 0 radical (unpaired) electrons. The number of hydrogen-bond donors (Lipinski definition) is 3. The lowest BCUT2D eigenvalue weighted by molar-refractivity contribution is -0.139. The number of hydrogen-bond acceptors (Lipinski definition) is 4. The van der Waals surface area contributed by atoms with Gasteiger partial charge in [0.25, 0.3) is 0 Å². The zero-order valence-electron chi connectivity index (χ0n) is 11.6. The summed E-state index contributed by atoms with van der Waals surface area (Å²) in [5, 5.41) is 11.2. The number of amides is 1. The Morgan fingerprint density at radius 1 is 1.28 bits per heavy atom. The van der Waals surface area contributed by atoms with E-state index in [9.17, 15) is 9.59 Å². The first-order chi connectivity index (χ1) is 8.26. The molecule has 0 aliphatic carbocycles. The van der Waals surface area contributed by atoms with Crippen LogP contribution in [0.5, 0.6) is 0 Å². The number of ether oxygens (including phenoxy) is 1. The Balaban J connectivity index is 3.85. The molecule has 0 aromatic rings. The lowest BCUT2D eigenvalue weighted by Gasteiger charge is -2.18. The maximum atomic E-state index is 10.9. The van der Waals surface area contributed by atoms with Crippen molar-refractivity contribution in [3.05, 3.63) is 0 Å². The Morgan fingerprint density at radius 2 is 1.89 bits per heavy atom. The Hall–Kier alpha value is -1.08. The Bertz CT molecular complexity index is 279. The van der Waals surface area contributed by atoms with Gasteiger partial charge in [0.2, 0.25) is 0 Å². The van der Waals surface area contributed by atoms with Crippen molar-refractivity contribution in [1.29, 1.82) is 0 Å². The van der Waals surface area contributed by atoms with Gasteiger partial charge in [0.05, 0.1) is 7.11 Å². The fraction of sp³-hybridized carbons (Fsp3) is 0.818. The van der Waals surface area contributed by atoms with Crippen LogP contribution in [0.15, 0.2) is 0 Å². The third-order valence-electron chi connectivity index (χ3n) is 2.35. The van der Waals surface area contributed by atoms with Gasteiger partial charge in [0, 0.05) is 0 Å². The van der Waals surface area contributed by atoms with Gasteiger partial charge >= 0.3 is 12.1 Å². The number of unbranched alkanes of at least 4 members (excludes halogenated alkanes) is 1. The van der Waals surface area contributed by atoms with Crippen molar-refractivity contribution >= 4 is 20.3 Å². The smallest absolute Gasteiger partial charge is 0.407 e. The van der Waals surface area contributed by atoms with Crippen LogP contribution in [0.1, 0.15) is 19.3 Å². The van der Waals surface area contributed by atoms with E-state index in [0.717, 1.165) is 19.4 Å². The topological polar surface area (TPSA) is 87.7 Å². The zero-order chi connectivity index (χ0) is 14.2. The highest BCUT2D eigenvalue weighted by Crippen LogP contribution is 2.03. The summed E-state index contributed by atoms with van der Waals surface area (Å²) in [5.41, 5.74) is 0. The molecular weight excluding hydrogens is 252 g/mol. The quantitative estimate of drug-likeness (QED) is 0.460. The van der Waals surface area contributed by atoms with E-state index in [4.69, 9.17) is 5.11 Å². The first-order valence-electron chi connectivity index (χ1n) is 6.08. The van der Waals surface area contributed by atoms with Crippen molar-refractivity contribution < 1.29 is 19.4 Å². The summed E-state index contributed by atoms with van der Waals surface area (Å²) >= 11 is 0. The average Bonchev–Trinajstić information content (AvgIpc) is 2.24. The molecule has 0 aromatic heterocycles. The molecule has 18 heavy (non-hydrogen) atoms. The minimum Gasteiger partial charge on any atom is -0.480 e. The molecular formula is C11H24N2O4Si. The van der Waals surface area contributed by atoms with Crippen LogP contribution in [0.2, 0.25) is 19.6 Å². The van der Waals surface area contributed by atoms with E-state index in [1.54, 1.807) is 0 Å². The van der Waals surface area contributed by atoms with Crippen molar-refractivity contribution in [2.75, 3.05) is 13.7 Å². The molecule has 0 spiro atoms. The van der Waals surface area contributed by atoms with Gasteiger partial charge in [0.15, 0.2) is 0 Å². The van der Waals surface area contributed by atoms with Crippen LogP contribution in [-0.4, -0.2) is 45.1 Å². The third kappa shape index (κ3) is 9.00. The fourth-order valence-electron chi connectivity index (χ4n) is 1.40. The summed E-state index contributed by atoms with van der Waals surface area (Å²) in [5.74, 6) is -1.03. The Labute approximate surface area is 109 Å². The Morgan fingerprint density at radius 3 is 2.33 bits per heavy atom. The van der Waals surface area contributed by atoms with Crippen LogP contribution >= 0.6 is 0 Å². The first-order valence-corrected chi connectivity index (χ1v) is 9.58. The number of methoxy groups -OCH3 is 1. The first kappa shape index (κ1) is 16.9. The molecule has 0 aliphatic rings. The minimum absolute atomic E-state index is 0.414. The third-order valence-corrected chi connectivity index (χ3v) is 3.66. The highest BCUT2D eigenvalue weighted by Gasteiger charge is 2.19. The van der Waals surface area contributed by atoms with Gasteiger partial charge in [-0.3, -0.25) is 0 Å². The molecule has 0 saturated carbocycles. The number of aliphatic carboxylic acids is 1. The van der Waals surface area contributed by atoms with Crippen molar-refractivity contribution in [2.45, 2.75) is 44.9 Å². The second kappa shape index (κ2) is 8.10. The summed E-state index contributed by atoms with van der Waals surface area (Å²) in [6.07, 6.45) is 1.36. The number of carbonyl (C=O) groups excluding carboxylic acids is 1. The summed E-state index contributed by atoms with van der Waals surface area (Å²) < 4.78 is 4.38. The SMILES string of the molecule is COC(=O)N[C@@H](CCCCN[Si](C)(C)C)C(=O)O. The van der Waals surface area contributed by atoms with E-state index < -0.39 is 26.3 Å². The molecule has 0 saturated heterocycles. The maximum Gasteiger partial charge on any atom is 0.407 e. The lowest BCUT2D eigenvalue weighted by Crippen LogP contribution is -2.42. The number of carboxylic acid groups (broad SMARTS) is 1. The summed E-state index contributed by atoms with van der Waals surface area (Å²) in [7, 11) is -0.0298. The van der Waals surface area contributed by atoms with Crippen LogP contribution in [0, 0.1) is 0 Å². The molecule has 0 fully saturated rings. The second-order valence-corrected chi connectivity index (χ2v) is 10.1. The van der Waals surface area contributed by atoms with Crippen LogP contribution in [0.3, 0.4) is 0 Å². The van der Waals surface area contributed by atoms with Gasteiger partial charge in [-0.25, -0.2) is 9.59 Å². The van der Waals surface area contributed by atoms with Crippen LogP contribution < -0.4 is 10.3 Å². The fourth-order valence-corrected chi connectivity index (χ4v) is 2.32. The molecule has 0 rings (SSSR count). The van der Waals surface area contributed by atoms with Gasteiger partial charge in [-0.15, -0.1) is 0 Å². The number of carbonyl (C=O) groups is 2. The number of carboxylic acids is 1. The summed E-state index contributed by atoms with van der Waals surface area (Å²) in [6.45, 7) is 7.53. The lowest BCUT2D eigenvalue weighted by atomic mass is 10.1. The van der Waals surface area contributed by atoms with Crippen LogP contribution in [0.4, 0.5) is 4.79 Å². The van der Waals surface area contributed by atoms with E-state index >= 15 is 0 Å². The van der Waals surface area contributed by atoms with Crippen molar-refractivity contribution in [3.63, 3.8) is 0 Å². The van der Waals surface area contributed by atoms with E-state index in [-0.39, 0.29) is 0 Å². The van der Waals surface area contributed by atoms with Gasteiger partial charge in [-0.1, -0.05) is 19.6 Å². The van der Waals surface area contributed by atoms with Crippen molar-refractivity contribution in [3.8, 4) is 0 Å². The minimum atomic E-state index is -1.24. The molecule has 3 N–H and O–H groups in total. The van der Waals surface area contributed by atoms with Crippen LogP contribution in [-0.2, 0) is 9.53 Å². The van der Waals surface area contributed by atoms with Gasteiger partial charge in [-0.05, 0) is 25.8 Å². The normalized spacial score (nSPS) is 12.9. The predicted molar refractivity (Wildman–Crippen MR) is 72.2 cm³/mol. The molecule has 0 unspecified atom stereocenters. The summed E-state index contributed by atoms with van der Waals surface area (Å²) in [4.78, 5) is 25.3. The van der Waals surface area contributed by atoms with E-state index in [1.165, 1.54) is 7.11 Å². The van der Waals surface area contributed by atoms with Gasteiger partial charge in [0.1, 0.15) is 14.3 Å². The highest BCUT2D eigenvalue weighted by molar-refractivity contribution is 6.73. The number of nitrogens with one attached hydrogen (secondary N) is 2. The molecule has 6 nitrogen and oxygen atoms in total. The maximum absolute atomic E-state index is 10.9. The molecule has 7 heteroatoms. The monoisotopic (exact) mass is 276 g/mol. The Kier molecular flexibility index (Phi) is 7.61. The van der Waals surface area contributed by atoms with Crippen molar-refractivity contribution in [1.82, 2.24) is 10.3 Å². The van der Waals surface area contributed by atoms with Gasteiger partial charge in [-0.2, -0.15) is 0 Å². The molecule has 0 aromatic carbocycles. The molecule has 1 atom stereocenters. The average molecular weight is 276 g/mol.